The molecule has 0 radical (unpaired) electrons. The minimum atomic E-state index is -0.605. The predicted octanol–water partition coefficient (Wildman–Crippen LogP) is 3.92. The highest BCUT2D eigenvalue weighted by molar-refractivity contribution is 14.1. The molecule has 2 nitrogen and oxygen atoms in total. The normalized spacial score (nSPS) is 14.8. The third-order valence-electron chi connectivity index (χ3n) is 2.65. The monoisotopic (exact) mass is 366 g/mol. The van der Waals surface area contributed by atoms with E-state index in [1.807, 2.05) is 26.8 Å². The molecule has 0 N–H and O–H groups in total. The minimum Gasteiger partial charge on any atom is -0.376 e. The second kappa shape index (κ2) is 7.40. The summed E-state index contributed by atoms with van der Waals surface area (Å²) in [4.78, 5) is 0. The quantitative estimate of drug-likeness (QED) is 0.414. The summed E-state index contributed by atoms with van der Waals surface area (Å²) in [6.07, 6.45) is 0.188. The van der Waals surface area contributed by atoms with Gasteiger partial charge in [0, 0.05) is 9.99 Å². The zero-order valence-corrected chi connectivity index (χ0v) is 13.2. The molecule has 18 heavy (non-hydrogen) atoms. The first-order valence-electron chi connectivity index (χ1n) is 6.06. The molecule has 1 atom stereocenters. The van der Waals surface area contributed by atoms with Crippen molar-refractivity contribution in [2.24, 2.45) is 0 Å². The van der Waals surface area contributed by atoms with Crippen molar-refractivity contribution in [1.82, 2.24) is 0 Å². The number of halogens is 2. The number of alkyl halides is 1. The smallest absolute Gasteiger partial charge is 0.129 e. The lowest BCUT2D eigenvalue weighted by Crippen LogP contribution is -2.30. The van der Waals surface area contributed by atoms with Crippen LogP contribution >= 0.6 is 22.6 Å². The van der Waals surface area contributed by atoms with Crippen LogP contribution < -0.4 is 0 Å². The van der Waals surface area contributed by atoms with Crippen LogP contribution in [-0.4, -0.2) is 23.7 Å². The van der Waals surface area contributed by atoms with E-state index in [1.54, 1.807) is 12.1 Å². The number of rotatable bonds is 7. The Hall–Kier alpha value is -0.200. The fourth-order valence-corrected chi connectivity index (χ4v) is 2.26. The molecule has 0 aliphatic carbocycles. The molecule has 1 rings (SSSR count). The van der Waals surface area contributed by atoms with Gasteiger partial charge in [0.15, 0.2) is 0 Å². The topological polar surface area (TPSA) is 18.5 Å². The van der Waals surface area contributed by atoms with E-state index in [0.717, 1.165) is 0 Å². The van der Waals surface area contributed by atoms with Crippen LogP contribution in [0.1, 0.15) is 26.3 Å². The Bertz CT molecular complexity index is 371. The lowest BCUT2D eigenvalue weighted by Gasteiger charge is -2.29. The maximum atomic E-state index is 13.8. The maximum absolute atomic E-state index is 13.8. The van der Waals surface area contributed by atoms with Gasteiger partial charge in [-0.2, -0.15) is 0 Å². The molecule has 0 fully saturated rings. The van der Waals surface area contributed by atoms with Gasteiger partial charge < -0.3 is 9.47 Å². The summed E-state index contributed by atoms with van der Waals surface area (Å²) in [5.74, 6) is -0.221. The Labute approximate surface area is 122 Å². The van der Waals surface area contributed by atoms with E-state index in [0.29, 0.717) is 23.2 Å². The van der Waals surface area contributed by atoms with Gasteiger partial charge in [0.1, 0.15) is 11.4 Å². The molecule has 0 heterocycles. The van der Waals surface area contributed by atoms with E-state index in [4.69, 9.17) is 9.47 Å². The molecule has 1 aromatic rings. The zero-order chi connectivity index (χ0) is 13.6. The van der Waals surface area contributed by atoms with Crippen molar-refractivity contribution in [2.75, 3.05) is 17.6 Å². The number of hydrogen-bond acceptors (Lipinski definition) is 2. The predicted molar refractivity (Wildman–Crippen MR) is 79.7 cm³/mol. The first-order valence-corrected chi connectivity index (χ1v) is 7.58. The SMILES string of the molecule is CC(C)OCCOC(C)(CI)c1ccccc1F. The van der Waals surface area contributed by atoms with Gasteiger partial charge in [0.25, 0.3) is 0 Å². The van der Waals surface area contributed by atoms with Gasteiger partial charge in [-0.3, -0.25) is 0 Å². The average molecular weight is 366 g/mol. The van der Waals surface area contributed by atoms with Gasteiger partial charge in [0.2, 0.25) is 0 Å². The second-order valence-electron chi connectivity index (χ2n) is 4.61. The molecule has 0 amide bonds. The van der Waals surface area contributed by atoms with Gasteiger partial charge in [-0.25, -0.2) is 4.39 Å². The molecule has 0 aromatic heterocycles. The Morgan fingerprint density at radius 2 is 1.94 bits per heavy atom. The van der Waals surface area contributed by atoms with Crippen LogP contribution in [0.25, 0.3) is 0 Å². The molecule has 0 bridgehead atoms. The largest absolute Gasteiger partial charge is 0.376 e. The summed E-state index contributed by atoms with van der Waals surface area (Å²) in [6, 6.07) is 6.76. The van der Waals surface area contributed by atoms with Crippen LogP contribution in [0.15, 0.2) is 24.3 Å². The van der Waals surface area contributed by atoms with Crippen molar-refractivity contribution in [1.29, 1.82) is 0 Å². The van der Waals surface area contributed by atoms with E-state index >= 15 is 0 Å². The van der Waals surface area contributed by atoms with Crippen LogP contribution in [-0.2, 0) is 15.1 Å². The summed E-state index contributed by atoms with van der Waals surface area (Å²) in [6.45, 7) is 6.86. The van der Waals surface area contributed by atoms with E-state index in [9.17, 15) is 4.39 Å². The van der Waals surface area contributed by atoms with E-state index in [2.05, 4.69) is 22.6 Å². The van der Waals surface area contributed by atoms with Crippen LogP contribution in [0.4, 0.5) is 4.39 Å². The summed E-state index contributed by atoms with van der Waals surface area (Å²) >= 11 is 2.22. The van der Waals surface area contributed by atoms with Gasteiger partial charge in [0.05, 0.1) is 19.3 Å². The molecule has 1 unspecified atom stereocenters. The molecule has 1 aromatic carbocycles. The fourth-order valence-electron chi connectivity index (χ4n) is 1.63. The fraction of sp³-hybridized carbons (Fsp3) is 0.571. The minimum absolute atomic E-state index is 0.188. The first kappa shape index (κ1) is 15.9. The molecule has 0 spiro atoms. The molecule has 102 valence electrons. The second-order valence-corrected chi connectivity index (χ2v) is 5.38. The van der Waals surface area contributed by atoms with Crippen molar-refractivity contribution >= 4 is 22.6 Å². The summed E-state index contributed by atoms with van der Waals surface area (Å²) < 4.78 is 25.7. The van der Waals surface area contributed by atoms with Crippen LogP contribution in [0.2, 0.25) is 0 Å². The van der Waals surface area contributed by atoms with Crippen molar-refractivity contribution in [3.05, 3.63) is 35.6 Å². The summed E-state index contributed by atoms with van der Waals surface area (Å²) in [7, 11) is 0. The van der Waals surface area contributed by atoms with Gasteiger partial charge in [-0.15, -0.1) is 0 Å². The highest BCUT2D eigenvalue weighted by Gasteiger charge is 2.29. The third-order valence-corrected chi connectivity index (χ3v) is 4.11. The summed E-state index contributed by atoms with van der Waals surface area (Å²) in [5, 5.41) is 0. The highest BCUT2D eigenvalue weighted by atomic mass is 127. The van der Waals surface area contributed by atoms with Crippen molar-refractivity contribution in [3.8, 4) is 0 Å². The molecule has 0 aliphatic heterocycles. The van der Waals surface area contributed by atoms with Gasteiger partial charge >= 0.3 is 0 Å². The average Bonchev–Trinajstić information content (AvgIpc) is 2.35. The number of ether oxygens (including phenoxy) is 2. The van der Waals surface area contributed by atoms with Crippen molar-refractivity contribution < 1.29 is 13.9 Å². The van der Waals surface area contributed by atoms with Crippen LogP contribution in [0.5, 0.6) is 0 Å². The van der Waals surface area contributed by atoms with E-state index in [1.165, 1.54) is 6.07 Å². The Morgan fingerprint density at radius 1 is 1.28 bits per heavy atom. The van der Waals surface area contributed by atoms with Crippen LogP contribution in [0.3, 0.4) is 0 Å². The third kappa shape index (κ3) is 4.48. The number of benzene rings is 1. The van der Waals surface area contributed by atoms with Crippen molar-refractivity contribution in [3.63, 3.8) is 0 Å². The maximum Gasteiger partial charge on any atom is 0.129 e. The molecule has 0 saturated carbocycles. The lowest BCUT2D eigenvalue weighted by molar-refractivity contribution is -0.0559. The van der Waals surface area contributed by atoms with E-state index < -0.39 is 5.60 Å². The first-order chi connectivity index (χ1) is 8.49. The Balaban J connectivity index is 2.65. The molecule has 4 heteroatoms. The molecule has 0 aliphatic rings. The van der Waals surface area contributed by atoms with Gasteiger partial charge in [-0.05, 0) is 26.8 Å². The summed E-state index contributed by atoms with van der Waals surface area (Å²) in [5.41, 5.74) is -0.00404. The molecular weight excluding hydrogens is 346 g/mol. The highest BCUT2D eigenvalue weighted by Crippen LogP contribution is 2.29. The molecular formula is C14H20FIO2. The Kier molecular flexibility index (Phi) is 6.52. The van der Waals surface area contributed by atoms with Crippen LogP contribution in [0, 0.1) is 5.82 Å². The lowest BCUT2D eigenvalue weighted by atomic mass is 9.97. The van der Waals surface area contributed by atoms with Gasteiger partial charge in [-0.1, -0.05) is 40.8 Å². The van der Waals surface area contributed by atoms with Crippen molar-refractivity contribution in [2.45, 2.75) is 32.5 Å². The zero-order valence-electron chi connectivity index (χ0n) is 11.1. The van der Waals surface area contributed by atoms with E-state index in [-0.39, 0.29) is 11.9 Å². The number of hydrogen-bond donors (Lipinski definition) is 0. The standard InChI is InChI=1S/C14H20FIO2/c1-11(2)17-8-9-18-14(3,10-16)12-6-4-5-7-13(12)15/h4-7,11H,8-10H2,1-3H3. The Morgan fingerprint density at radius 3 is 2.50 bits per heavy atom. The molecule has 0 saturated heterocycles.